The fourth-order valence-corrected chi connectivity index (χ4v) is 2.54. The van der Waals surface area contributed by atoms with Crippen LogP contribution in [0.5, 0.6) is 5.75 Å². The number of rotatable bonds is 6. The zero-order chi connectivity index (χ0) is 15.8. The number of nitrogens with one attached hydrogen (secondary N) is 1. The zero-order valence-corrected chi connectivity index (χ0v) is 13.9. The van der Waals surface area contributed by atoms with Gasteiger partial charge < -0.3 is 14.8 Å². The molecule has 4 nitrogen and oxygen atoms in total. The Labute approximate surface area is 138 Å². The summed E-state index contributed by atoms with van der Waals surface area (Å²) in [6.07, 6.45) is 0.319. The lowest BCUT2D eigenvalue weighted by atomic mass is 10.1. The molecule has 2 aromatic rings. The van der Waals surface area contributed by atoms with Gasteiger partial charge in [-0.3, -0.25) is 0 Å². The van der Waals surface area contributed by atoms with Crippen molar-refractivity contribution in [2.24, 2.45) is 0 Å². The maximum Gasteiger partial charge on any atom is 0.407 e. The molecule has 0 heterocycles. The number of carbonyl (C=O) groups is 1. The number of halogens is 1. The maximum absolute atomic E-state index is 11.6. The van der Waals surface area contributed by atoms with Gasteiger partial charge >= 0.3 is 6.09 Å². The van der Waals surface area contributed by atoms with Crippen LogP contribution in [0.25, 0.3) is 0 Å². The highest BCUT2D eigenvalue weighted by molar-refractivity contribution is 9.10. The quantitative estimate of drug-likeness (QED) is 0.845. The van der Waals surface area contributed by atoms with Gasteiger partial charge in [0.1, 0.15) is 12.4 Å². The van der Waals surface area contributed by atoms with Gasteiger partial charge in [0.15, 0.2) is 0 Å². The largest absolute Gasteiger partial charge is 0.496 e. The van der Waals surface area contributed by atoms with Gasteiger partial charge in [0.25, 0.3) is 0 Å². The third-order valence-electron chi connectivity index (χ3n) is 3.11. The topological polar surface area (TPSA) is 47.6 Å². The monoisotopic (exact) mass is 363 g/mol. The number of hydrogen-bond acceptors (Lipinski definition) is 3. The van der Waals surface area contributed by atoms with Crippen molar-refractivity contribution >= 4 is 22.0 Å². The Morgan fingerprint density at radius 2 is 1.91 bits per heavy atom. The first-order valence-corrected chi connectivity index (χ1v) is 7.75. The van der Waals surface area contributed by atoms with E-state index in [-0.39, 0.29) is 6.61 Å². The Bertz CT molecular complexity index is 617. The summed E-state index contributed by atoms with van der Waals surface area (Å²) in [6, 6.07) is 15.4. The number of benzene rings is 2. The Hall–Kier alpha value is -2.01. The molecule has 2 rings (SSSR count). The predicted octanol–water partition coefficient (Wildman–Crippen LogP) is 3.93. The Kier molecular flexibility index (Phi) is 6.27. The van der Waals surface area contributed by atoms with Crippen LogP contribution >= 0.6 is 15.9 Å². The highest BCUT2D eigenvalue weighted by Crippen LogP contribution is 2.25. The highest BCUT2D eigenvalue weighted by Gasteiger charge is 2.04. The molecule has 2 aromatic carbocycles. The molecule has 0 bridgehead atoms. The molecule has 0 unspecified atom stereocenters. The average Bonchev–Trinajstić information content (AvgIpc) is 2.54. The van der Waals surface area contributed by atoms with Crippen LogP contribution in [-0.2, 0) is 17.8 Å². The van der Waals surface area contributed by atoms with Gasteiger partial charge in [-0.1, -0.05) is 36.4 Å². The Morgan fingerprint density at radius 1 is 1.14 bits per heavy atom. The number of amides is 1. The van der Waals surface area contributed by atoms with Crippen LogP contribution in [0.3, 0.4) is 0 Å². The minimum absolute atomic E-state index is 0.279. The average molecular weight is 364 g/mol. The molecule has 0 aliphatic heterocycles. The van der Waals surface area contributed by atoms with Gasteiger partial charge in [-0.05, 0) is 45.6 Å². The molecular weight excluding hydrogens is 346 g/mol. The summed E-state index contributed by atoms with van der Waals surface area (Å²) in [5.74, 6) is 0.791. The minimum atomic E-state index is -0.406. The standard InChI is InChI=1S/C17H18BrNO3/c1-21-16-8-7-13(11-15(16)18)9-10-19-17(20)22-12-14-5-3-2-4-6-14/h2-8,11H,9-10,12H2,1H3,(H,19,20). The second kappa shape index (κ2) is 8.44. The van der Waals surface area contributed by atoms with Crippen molar-refractivity contribution < 1.29 is 14.3 Å². The van der Waals surface area contributed by atoms with Gasteiger partial charge in [-0.15, -0.1) is 0 Å². The van der Waals surface area contributed by atoms with Crippen molar-refractivity contribution in [2.45, 2.75) is 13.0 Å². The van der Waals surface area contributed by atoms with E-state index in [0.717, 1.165) is 27.8 Å². The SMILES string of the molecule is COc1ccc(CCNC(=O)OCc2ccccc2)cc1Br. The molecule has 0 radical (unpaired) electrons. The van der Waals surface area contributed by atoms with Crippen molar-refractivity contribution in [1.82, 2.24) is 5.32 Å². The van der Waals surface area contributed by atoms with Crippen LogP contribution in [-0.4, -0.2) is 19.7 Å². The summed E-state index contributed by atoms with van der Waals surface area (Å²) in [7, 11) is 1.63. The molecule has 0 aliphatic rings. The van der Waals surface area contributed by atoms with E-state index in [0.29, 0.717) is 6.54 Å². The van der Waals surface area contributed by atoms with E-state index in [4.69, 9.17) is 9.47 Å². The van der Waals surface area contributed by atoms with Crippen LogP contribution in [0, 0.1) is 0 Å². The molecule has 0 spiro atoms. The van der Waals surface area contributed by atoms with E-state index in [1.165, 1.54) is 0 Å². The molecule has 0 saturated heterocycles. The summed E-state index contributed by atoms with van der Waals surface area (Å²) in [5, 5.41) is 2.74. The number of alkyl carbamates (subject to hydrolysis) is 1. The fourth-order valence-electron chi connectivity index (χ4n) is 1.95. The van der Waals surface area contributed by atoms with Gasteiger partial charge in [-0.2, -0.15) is 0 Å². The maximum atomic E-state index is 11.6. The summed E-state index contributed by atoms with van der Waals surface area (Å²) in [6.45, 7) is 0.799. The van der Waals surface area contributed by atoms with E-state index in [2.05, 4.69) is 21.2 Å². The molecule has 0 aliphatic carbocycles. The lowest BCUT2D eigenvalue weighted by Gasteiger charge is -2.08. The molecule has 116 valence electrons. The zero-order valence-electron chi connectivity index (χ0n) is 12.3. The first-order valence-electron chi connectivity index (χ1n) is 6.96. The number of ether oxygens (including phenoxy) is 2. The first-order chi connectivity index (χ1) is 10.7. The smallest absolute Gasteiger partial charge is 0.407 e. The van der Waals surface area contributed by atoms with Crippen molar-refractivity contribution in [3.63, 3.8) is 0 Å². The van der Waals surface area contributed by atoms with E-state index >= 15 is 0 Å². The van der Waals surface area contributed by atoms with Crippen molar-refractivity contribution in [2.75, 3.05) is 13.7 Å². The lowest BCUT2D eigenvalue weighted by Crippen LogP contribution is -2.26. The number of methoxy groups -OCH3 is 1. The molecule has 5 heteroatoms. The van der Waals surface area contributed by atoms with E-state index in [1.807, 2.05) is 48.5 Å². The molecule has 22 heavy (non-hydrogen) atoms. The van der Waals surface area contributed by atoms with Crippen molar-refractivity contribution in [3.05, 3.63) is 64.1 Å². The number of carbonyl (C=O) groups excluding carboxylic acids is 1. The van der Waals surface area contributed by atoms with E-state index in [9.17, 15) is 4.79 Å². The predicted molar refractivity (Wildman–Crippen MR) is 89.0 cm³/mol. The normalized spacial score (nSPS) is 10.1. The summed E-state index contributed by atoms with van der Waals surface area (Å²) < 4.78 is 11.2. The molecule has 0 aromatic heterocycles. The fraction of sp³-hybridized carbons (Fsp3) is 0.235. The second-order valence-corrected chi connectivity index (χ2v) is 5.56. The van der Waals surface area contributed by atoms with Crippen LogP contribution in [0.1, 0.15) is 11.1 Å². The van der Waals surface area contributed by atoms with Gasteiger partial charge in [0, 0.05) is 6.54 Å². The molecule has 0 atom stereocenters. The minimum Gasteiger partial charge on any atom is -0.496 e. The molecule has 0 fully saturated rings. The van der Waals surface area contributed by atoms with Crippen LogP contribution in [0.4, 0.5) is 4.79 Å². The third-order valence-corrected chi connectivity index (χ3v) is 3.73. The highest BCUT2D eigenvalue weighted by atomic mass is 79.9. The third kappa shape index (κ3) is 5.07. The molecular formula is C17H18BrNO3. The van der Waals surface area contributed by atoms with Gasteiger partial charge in [0.05, 0.1) is 11.6 Å². The van der Waals surface area contributed by atoms with Crippen LogP contribution < -0.4 is 10.1 Å². The molecule has 0 saturated carbocycles. The Morgan fingerprint density at radius 3 is 2.59 bits per heavy atom. The van der Waals surface area contributed by atoms with E-state index in [1.54, 1.807) is 7.11 Å². The van der Waals surface area contributed by atoms with Crippen molar-refractivity contribution in [1.29, 1.82) is 0 Å². The molecule has 1 amide bonds. The second-order valence-electron chi connectivity index (χ2n) is 4.71. The van der Waals surface area contributed by atoms with Crippen LogP contribution in [0.2, 0.25) is 0 Å². The van der Waals surface area contributed by atoms with Gasteiger partial charge in [0.2, 0.25) is 0 Å². The molecule has 1 N–H and O–H groups in total. The van der Waals surface area contributed by atoms with E-state index < -0.39 is 6.09 Å². The van der Waals surface area contributed by atoms with Crippen LogP contribution in [0.15, 0.2) is 53.0 Å². The van der Waals surface area contributed by atoms with Crippen molar-refractivity contribution in [3.8, 4) is 5.75 Å². The Balaban J connectivity index is 1.72. The number of hydrogen-bond donors (Lipinski definition) is 1. The summed E-state index contributed by atoms with van der Waals surface area (Å²) >= 11 is 3.44. The van der Waals surface area contributed by atoms with Gasteiger partial charge in [-0.25, -0.2) is 4.79 Å². The first kappa shape index (κ1) is 16.4. The summed E-state index contributed by atoms with van der Waals surface area (Å²) in [5.41, 5.74) is 2.08. The summed E-state index contributed by atoms with van der Waals surface area (Å²) in [4.78, 5) is 11.6. The lowest BCUT2D eigenvalue weighted by molar-refractivity contribution is 0.140.